The summed E-state index contributed by atoms with van der Waals surface area (Å²) in [5, 5.41) is 0. The van der Waals surface area contributed by atoms with Gasteiger partial charge in [0.25, 0.3) is 0 Å². The molecule has 7 nitrogen and oxygen atoms in total. The van der Waals surface area contributed by atoms with Crippen LogP contribution in [-0.4, -0.2) is 58.3 Å². The highest BCUT2D eigenvalue weighted by Crippen LogP contribution is 2.34. The normalized spacial score (nSPS) is 17.4. The van der Waals surface area contributed by atoms with E-state index in [1.54, 1.807) is 30.1 Å². The first-order chi connectivity index (χ1) is 11.9. The van der Waals surface area contributed by atoms with Gasteiger partial charge < -0.3 is 14.4 Å². The second-order valence-corrected chi connectivity index (χ2v) is 8.45. The lowest BCUT2D eigenvalue weighted by atomic mass is 10.2. The van der Waals surface area contributed by atoms with Crippen LogP contribution in [-0.2, 0) is 14.8 Å². The van der Waals surface area contributed by atoms with Crippen LogP contribution in [0.2, 0.25) is 0 Å². The van der Waals surface area contributed by atoms with Gasteiger partial charge in [-0.3, -0.25) is 9.10 Å². The molecule has 0 bridgehead atoms. The zero-order chi connectivity index (χ0) is 18.0. The molecule has 1 aliphatic heterocycles. The molecule has 1 amide bonds. The third kappa shape index (κ3) is 4.00. The van der Waals surface area contributed by atoms with E-state index in [1.807, 2.05) is 0 Å². The molecule has 1 fully saturated rings. The van der Waals surface area contributed by atoms with E-state index in [0.717, 1.165) is 36.2 Å². The second-order valence-electron chi connectivity index (χ2n) is 6.54. The van der Waals surface area contributed by atoms with Crippen molar-refractivity contribution in [1.29, 1.82) is 0 Å². The molecule has 0 radical (unpaired) electrons. The molecule has 138 valence electrons. The molecule has 0 aromatic heterocycles. The van der Waals surface area contributed by atoms with Crippen molar-refractivity contribution in [2.75, 3.05) is 37.4 Å². The number of carbonyl (C=O) groups excluding carboxylic acids is 1. The lowest BCUT2D eigenvalue weighted by Gasteiger charge is -2.29. The highest BCUT2D eigenvalue weighted by Gasteiger charge is 2.28. The first-order valence-corrected chi connectivity index (χ1v) is 10.3. The van der Waals surface area contributed by atoms with Crippen molar-refractivity contribution in [2.45, 2.75) is 31.7 Å². The fourth-order valence-electron chi connectivity index (χ4n) is 3.32. The Labute approximate surface area is 148 Å². The first kappa shape index (κ1) is 17.8. The van der Waals surface area contributed by atoms with Crippen LogP contribution in [0.25, 0.3) is 0 Å². The van der Waals surface area contributed by atoms with Gasteiger partial charge in [-0.05, 0) is 25.0 Å². The summed E-state index contributed by atoms with van der Waals surface area (Å²) < 4.78 is 36.6. The molecule has 8 heteroatoms. The number of ether oxygens (including phenoxy) is 2. The Balaban J connectivity index is 1.81. The summed E-state index contributed by atoms with van der Waals surface area (Å²) >= 11 is 0. The molecule has 1 saturated carbocycles. The van der Waals surface area contributed by atoms with Gasteiger partial charge in [-0.25, -0.2) is 8.42 Å². The highest BCUT2D eigenvalue weighted by atomic mass is 32.2. The Morgan fingerprint density at radius 3 is 2.44 bits per heavy atom. The number of anilines is 1. The van der Waals surface area contributed by atoms with Gasteiger partial charge in [0, 0.05) is 19.2 Å². The zero-order valence-corrected chi connectivity index (χ0v) is 15.4. The van der Waals surface area contributed by atoms with Crippen molar-refractivity contribution in [2.24, 2.45) is 0 Å². The summed E-state index contributed by atoms with van der Waals surface area (Å²) in [5.41, 5.74) is 0.403. The van der Waals surface area contributed by atoms with E-state index in [2.05, 4.69) is 0 Å². The number of rotatable bonds is 5. The van der Waals surface area contributed by atoms with Gasteiger partial charge >= 0.3 is 0 Å². The van der Waals surface area contributed by atoms with E-state index in [1.165, 1.54) is 0 Å². The summed E-state index contributed by atoms with van der Waals surface area (Å²) in [7, 11) is -1.85. The fourth-order valence-corrected chi connectivity index (χ4v) is 4.16. The maximum absolute atomic E-state index is 12.6. The lowest BCUT2D eigenvalue weighted by Crippen LogP contribution is -2.44. The molecule has 2 aliphatic rings. The van der Waals surface area contributed by atoms with Crippen LogP contribution in [0.15, 0.2) is 18.2 Å². The summed E-state index contributed by atoms with van der Waals surface area (Å²) in [4.78, 5) is 14.3. The second kappa shape index (κ2) is 7.11. The summed E-state index contributed by atoms with van der Waals surface area (Å²) in [6, 6.07) is 5.12. The molecule has 0 N–H and O–H groups in total. The van der Waals surface area contributed by atoms with E-state index in [-0.39, 0.29) is 18.5 Å². The number of carbonyl (C=O) groups is 1. The number of amides is 1. The smallest absolute Gasteiger partial charge is 0.243 e. The standard InChI is InChI=1S/C17H24N2O5S/c1-18(13-5-3-4-6-13)17(20)12-19(25(2,21)22)14-7-8-15-16(11-14)24-10-9-23-15/h7-8,11,13H,3-6,9-10,12H2,1-2H3. The van der Waals surface area contributed by atoms with E-state index >= 15 is 0 Å². The zero-order valence-electron chi connectivity index (χ0n) is 14.6. The van der Waals surface area contributed by atoms with Crippen molar-refractivity contribution in [3.63, 3.8) is 0 Å². The molecule has 1 aromatic rings. The lowest BCUT2D eigenvalue weighted by molar-refractivity contribution is -0.130. The first-order valence-electron chi connectivity index (χ1n) is 8.49. The largest absolute Gasteiger partial charge is 0.486 e. The predicted molar refractivity (Wildman–Crippen MR) is 94.6 cm³/mol. The van der Waals surface area contributed by atoms with Gasteiger partial charge in [0.15, 0.2) is 11.5 Å². The van der Waals surface area contributed by atoms with Crippen molar-refractivity contribution >= 4 is 21.6 Å². The number of benzene rings is 1. The maximum Gasteiger partial charge on any atom is 0.243 e. The molecule has 3 rings (SSSR count). The molecule has 0 spiro atoms. The Hall–Kier alpha value is -1.96. The summed E-state index contributed by atoms with van der Waals surface area (Å²) in [6.07, 6.45) is 5.28. The molecule has 1 aromatic carbocycles. The van der Waals surface area contributed by atoms with Gasteiger partial charge in [0.05, 0.1) is 11.9 Å². The monoisotopic (exact) mass is 368 g/mol. The minimum Gasteiger partial charge on any atom is -0.486 e. The van der Waals surface area contributed by atoms with Crippen molar-refractivity contribution in [1.82, 2.24) is 4.90 Å². The van der Waals surface area contributed by atoms with E-state index in [9.17, 15) is 13.2 Å². The molecular formula is C17H24N2O5S. The number of sulfonamides is 1. The molecule has 1 heterocycles. The summed E-state index contributed by atoms with van der Waals surface area (Å²) in [5.74, 6) is 0.874. The topological polar surface area (TPSA) is 76.2 Å². The number of likely N-dealkylation sites (N-methyl/N-ethyl adjacent to an activating group) is 1. The Kier molecular flexibility index (Phi) is 5.08. The summed E-state index contributed by atoms with van der Waals surface area (Å²) in [6.45, 7) is 0.664. The van der Waals surface area contributed by atoms with Crippen molar-refractivity contribution in [3.05, 3.63) is 18.2 Å². The minimum absolute atomic E-state index is 0.202. The van der Waals surface area contributed by atoms with Crippen LogP contribution >= 0.6 is 0 Å². The van der Waals surface area contributed by atoms with Crippen LogP contribution in [0, 0.1) is 0 Å². The fraction of sp³-hybridized carbons (Fsp3) is 0.588. The number of hydrogen-bond donors (Lipinski definition) is 0. The third-order valence-corrected chi connectivity index (χ3v) is 5.90. The van der Waals surface area contributed by atoms with Gasteiger partial charge in [-0.2, -0.15) is 0 Å². The Bertz CT molecular complexity index is 743. The van der Waals surface area contributed by atoms with Gasteiger partial charge in [-0.1, -0.05) is 12.8 Å². The maximum atomic E-state index is 12.6. The van der Waals surface area contributed by atoms with E-state index in [0.29, 0.717) is 30.4 Å². The quantitative estimate of drug-likeness (QED) is 0.789. The van der Waals surface area contributed by atoms with Crippen molar-refractivity contribution in [3.8, 4) is 11.5 Å². The van der Waals surface area contributed by atoms with Crippen LogP contribution in [0.5, 0.6) is 11.5 Å². The molecule has 0 saturated heterocycles. The number of nitrogens with zero attached hydrogens (tertiary/aromatic N) is 2. The predicted octanol–water partition coefficient (Wildman–Crippen LogP) is 1.62. The van der Waals surface area contributed by atoms with Crippen LogP contribution in [0.1, 0.15) is 25.7 Å². The van der Waals surface area contributed by atoms with Crippen LogP contribution < -0.4 is 13.8 Å². The van der Waals surface area contributed by atoms with Gasteiger partial charge in [0.2, 0.25) is 15.9 Å². The van der Waals surface area contributed by atoms with Crippen molar-refractivity contribution < 1.29 is 22.7 Å². The number of fused-ring (bicyclic) bond motifs is 1. The Morgan fingerprint density at radius 1 is 1.16 bits per heavy atom. The highest BCUT2D eigenvalue weighted by molar-refractivity contribution is 7.92. The molecule has 1 aliphatic carbocycles. The van der Waals surface area contributed by atoms with Gasteiger partial charge in [-0.15, -0.1) is 0 Å². The molecule has 0 atom stereocenters. The average molecular weight is 368 g/mol. The van der Waals surface area contributed by atoms with Gasteiger partial charge in [0.1, 0.15) is 19.8 Å². The minimum atomic E-state index is -3.61. The molecule has 25 heavy (non-hydrogen) atoms. The Morgan fingerprint density at radius 2 is 1.80 bits per heavy atom. The number of hydrogen-bond acceptors (Lipinski definition) is 5. The van der Waals surface area contributed by atoms with E-state index < -0.39 is 10.0 Å². The van der Waals surface area contributed by atoms with E-state index in [4.69, 9.17) is 9.47 Å². The average Bonchev–Trinajstić information content (AvgIpc) is 3.12. The van der Waals surface area contributed by atoms with Crippen LogP contribution in [0.4, 0.5) is 5.69 Å². The van der Waals surface area contributed by atoms with Crippen LogP contribution in [0.3, 0.4) is 0 Å². The molecule has 0 unspecified atom stereocenters. The third-order valence-electron chi connectivity index (χ3n) is 4.76. The SMILES string of the molecule is CN(C(=O)CN(c1ccc2c(c1)OCCO2)S(C)(=O)=O)C1CCCC1. The molecular weight excluding hydrogens is 344 g/mol.